The molecule has 142 valence electrons. The monoisotopic (exact) mass is 387 g/mol. The number of nitrogens with zero attached hydrogens (tertiary/aromatic N) is 1. The van der Waals surface area contributed by atoms with E-state index in [-0.39, 0.29) is 12.5 Å². The van der Waals surface area contributed by atoms with Crippen LogP contribution in [0.1, 0.15) is 22.3 Å². The Morgan fingerprint density at radius 2 is 1.44 bits per heavy atom. The van der Waals surface area contributed by atoms with E-state index in [4.69, 9.17) is 4.74 Å². The van der Waals surface area contributed by atoms with E-state index in [9.17, 15) is 31.1 Å². The number of hydrogen-bond donors (Lipinski definition) is 0. The Kier molecular flexibility index (Phi) is 4.71. The van der Waals surface area contributed by atoms with Gasteiger partial charge in [-0.25, -0.2) is 9.79 Å². The lowest BCUT2D eigenvalue weighted by Gasteiger charge is -2.13. The van der Waals surface area contributed by atoms with Crippen LogP contribution in [0.2, 0.25) is 0 Å². The summed E-state index contributed by atoms with van der Waals surface area (Å²) in [6, 6.07) is 8.56. The van der Waals surface area contributed by atoms with Crippen molar-refractivity contribution in [2.75, 3.05) is 0 Å². The number of alkyl halides is 6. The fraction of sp³-hybridized carbons (Fsp3) is 0.222. The zero-order chi connectivity index (χ0) is 19.8. The number of rotatable bonds is 3. The molecule has 3 nitrogen and oxygen atoms in total. The first-order valence-electron chi connectivity index (χ1n) is 7.67. The minimum atomic E-state index is -5.00. The predicted molar refractivity (Wildman–Crippen MR) is 83.0 cm³/mol. The van der Waals surface area contributed by atoms with Gasteiger partial charge < -0.3 is 4.74 Å². The molecule has 27 heavy (non-hydrogen) atoms. The number of esters is 1. The third-order valence-corrected chi connectivity index (χ3v) is 3.85. The molecule has 9 heteroatoms. The predicted octanol–water partition coefficient (Wildman–Crippen LogP) is 4.64. The topological polar surface area (TPSA) is 38.7 Å². The van der Waals surface area contributed by atoms with Crippen molar-refractivity contribution in [3.63, 3.8) is 0 Å². The number of ether oxygens (including phenoxy) is 1. The van der Waals surface area contributed by atoms with Crippen molar-refractivity contribution in [2.24, 2.45) is 4.99 Å². The van der Waals surface area contributed by atoms with Crippen molar-refractivity contribution in [2.45, 2.75) is 24.8 Å². The van der Waals surface area contributed by atoms with Crippen LogP contribution in [0.5, 0.6) is 0 Å². The molecule has 0 amide bonds. The van der Waals surface area contributed by atoms with Gasteiger partial charge in [-0.3, -0.25) is 0 Å². The molecular formula is C18H11F6NO2. The van der Waals surface area contributed by atoms with Crippen LogP contribution in [0.15, 0.2) is 53.5 Å². The molecule has 1 heterocycles. The van der Waals surface area contributed by atoms with Crippen molar-refractivity contribution in [3.05, 3.63) is 70.8 Å². The summed E-state index contributed by atoms with van der Waals surface area (Å²) in [5.41, 5.74) is -2.83. The quantitative estimate of drug-likeness (QED) is 0.569. The lowest BCUT2D eigenvalue weighted by Crippen LogP contribution is -2.18. The molecule has 3 rings (SSSR count). The lowest BCUT2D eigenvalue weighted by molar-refractivity contribution is -0.143. The Hall–Kier alpha value is -2.84. The van der Waals surface area contributed by atoms with Crippen molar-refractivity contribution < 1.29 is 35.9 Å². The molecule has 0 saturated carbocycles. The zero-order valence-electron chi connectivity index (χ0n) is 13.4. The number of halogens is 6. The van der Waals surface area contributed by atoms with Crippen molar-refractivity contribution >= 4 is 11.9 Å². The third-order valence-electron chi connectivity index (χ3n) is 3.85. The van der Waals surface area contributed by atoms with Gasteiger partial charge in [0, 0.05) is 12.0 Å². The molecule has 1 aliphatic rings. The number of benzene rings is 2. The van der Waals surface area contributed by atoms with E-state index < -0.39 is 47.0 Å². The number of cyclic esters (lactones) is 1. The van der Waals surface area contributed by atoms with E-state index in [0.717, 1.165) is 5.56 Å². The van der Waals surface area contributed by atoms with Crippen LogP contribution in [-0.4, -0.2) is 17.9 Å². The largest absolute Gasteiger partial charge is 0.416 e. The maximum Gasteiger partial charge on any atom is 0.416 e. The summed E-state index contributed by atoms with van der Waals surface area (Å²) in [5.74, 6) is -1.39. The van der Waals surface area contributed by atoms with Crippen LogP contribution in [0.25, 0.3) is 0 Å². The summed E-state index contributed by atoms with van der Waals surface area (Å²) in [7, 11) is 0. The number of aliphatic imine (C=N–C) groups is 1. The second kappa shape index (κ2) is 6.71. The highest BCUT2D eigenvalue weighted by Crippen LogP contribution is 2.37. The number of hydrogen-bond acceptors (Lipinski definition) is 3. The van der Waals surface area contributed by atoms with Crippen molar-refractivity contribution in [3.8, 4) is 0 Å². The first-order valence-corrected chi connectivity index (χ1v) is 7.67. The van der Waals surface area contributed by atoms with E-state index in [1.807, 2.05) is 0 Å². The summed E-state index contributed by atoms with van der Waals surface area (Å²) in [6.45, 7) is 0. The summed E-state index contributed by atoms with van der Waals surface area (Å²) >= 11 is 0. The molecule has 0 aromatic heterocycles. The van der Waals surface area contributed by atoms with E-state index in [0.29, 0.717) is 12.1 Å². The summed E-state index contributed by atoms with van der Waals surface area (Å²) in [6.07, 6.45) is -9.88. The van der Waals surface area contributed by atoms with Gasteiger partial charge in [0.1, 0.15) is 0 Å². The van der Waals surface area contributed by atoms with Crippen LogP contribution in [-0.2, 0) is 28.3 Å². The highest BCUT2D eigenvalue weighted by Gasteiger charge is 2.38. The molecule has 0 spiro atoms. The molecule has 0 aliphatic carbocycles. The van der Waals surface area contributed by atoms with Gasteiger partial charge in [0.05, 0.1) is 11.1 Å². The van der Waals surface area contributed by atoms with Gasteiger partial charge in [0.25, 0.3) is 0 Å². The standard InChI is InChI=1S/C18H11F6NO2/c19-17(20,21)12-7-11(8-13(9-12)18(22,23)24)15-25-14(16(26)27-15)6-10-4-2-1-3-5-10/h1-5,7-9,14H,6H2. The van der Waals surface area contributed by atoms with Gasteiger partial charge in [0.2, 0.25) is 5.90 Å². The highest BCUT2D eigenvalue weighted by molar-refractivity contribution is 6.06. The van der Waals surface area contributed by atoms with E-state index in [2.05, 4.69) is 4.99 Å². The van der Waals surface area contributed by atoms with Crippen LogP contribution < -0.4 is 0 Å². The van der Waals surface area contributed by atoms with Gasteiger partial charge >= 0.3 is 18.3 Å². The second-order valence-corrected chi connectivity index (χ2v) is 5.86. The minimum absolute atomic E-state index is 0.00227. The van der Waals surface area contributed by atoms with Crippen LogP contribution in [0, 0.1) is 0 Å². The Labute approximate surface area is 149 Å². The van der Waals surface area contributed by atoms with Crippen molar-refractivity contribution in [1.82, 2.24) is 0 Å². The molecule has 0 N–H and O–H groups in total. The van der Waals surface area contributed by atoms with Crippen LogP contribution >= 0.6 is 0 Å². The molecule has 2 aromatic carbocycles. The summed E-state index contributed by atoms with van der Waals surface area (Å²) < 4.78 is 82.5. The maximum absolute atomic E-state index is 12.9. The van der Waals surface area contributed by atoms with Gasteiger partial charge in [-0.15, -0.1) is 0 Å². The first-order chi connectivity index (χ1) is 12.5. The SMILES string of the molecule is O=C1OC(c2cc(C(F)(F)F)cc(C(F)(F)F)c2)=NC1Cc1ccccc1. The van der Waals surface area contributed by atoms with Gasteiger partial charge in [-0.05, 0) is 23.8 Å². The molecule has 0 radical (unpaired) electrons. The number of carbonyl (C=O) groups is 1. The average molecular weight is 387 g/mol. The average Bonchev–Trinajstić information content (AvgIpc) is 2.95. The summed E-state index contributed by atoms with van der Waals surface area (Å²) in [5, 5.41) is 0. The molecule has 2 aromatic rings. The van der Waals surface area contributed by atoms with Crippen molar-refractivity contribution in [1.29, 1.82) is 0 Å². The fourth-order valence-electron chi connectivity index (χ4n) is 2.56. The Morgan fingerprint density at radius 3 is 1.96 bits per heavy atom. The van der Waals surface area contributed by atoms with E-state index >= 15 is 0 Å². The zero-order valence-corrected chi connectivity index (χ0v) is 13.4. The molecule has 1 unspecified atom stereocenters. The maximum atomic E-state index is 12.9. The normalized spacial score (nSPS) is 17.6. The summed E-state index contributed by atoms with van der Waals surface area (Å²) in [4.78, 5) is 15.8. The van der Waals surface area contributed by atoms with E-state index in [1.165, 1.54) is 0 Å². The lowest BCUT2D eigenvalue weighted by atomic mass is 10.0. The van der Waals surface area contributed by atoms with Gasteiger partial charge in [-0.1, -0.05) is 30.3 Å². The molecule has 0 fully saturated rings. The Balaban J connectivity index is 1.97. The fourth-order valence-corrected chi connectivity index (χ4v) is 2.56. The Bertz CT molecular complexity index is 855. The third kappa shape index (κ3) is 4.29. The Morgan fingerprint density at radius 1 is 0.889 bits per heavy atom. The molecule has 0 saturated heterocycles. The number of carbonyl (C=O) groups excluding carboxylic acids is 1. The smallest absolute Gasteiger partial charge is 0.406 e. The van der Waals surface area contributed by atoms with E-state index in [1.54, 1.807) is 30.3 Å². The van der Waals surface area contributed by atoms with Crippen LogP contribution in [0.3, 0.4) is 0 Å². The first kappa shape index (κ1) is 18.9. The van der Waals surface area contributed by atoms with Gasteiger partial charge in [-0.2, -0.15) is 26.3 Å². The molecule has 0 bridgehead atoms. The van der Waals surface area contributed by atoms with Gasteiger partial charge in [0.15, 0.2) is 6.04 Å². The van der Waals surface area contributed by atoms with Crippen LogP contribution in [0.4, 0.5) is 26.3 Å². The molecular weight excluding hydrogens is 376 g/mol. The highest BCUT2D eigenvalue weighted by atomic mass is 19.4. The molecule has 1 atom stereocenters. The second-order valence-electron chi connectivity index (χ2n) is 5.86. The minimum Gasteiger partial charge on any atom is -0.406 e. The molecule has 1 aliphatic heterocycles.